The fourth-order valence-corrected chi connectivity index (χ4v) is 5.85. The minimum Gasteiger partial charge on any atom is -0.376 e. The van der Waals surface area contributed by atoms with Crippen LogP contribution in [0.1, 0.15) is 61.8 Å². The van der Waals surface area contributed by atoms with Gasteiger partial charge in [0, 0.05) is 26.0 Å². The second kappa shape index (κ2) is 12.3. The first kappa shape index (κ1) is 30.4. The fourth-order valence-electron chi connectivity index (χ4n) is 5.85. The Kier molecular flexibility index (Phi) is 8.92. The van der Waals surface area contributed by atoms with Crippen LogP contribution in [-0.4, -0.2) is 54.9 Å². The summed E-state index contributed by atoms with van der Waals surface area (Å²) in [4.78, 5) is 13.9. The zero-order chi connectivity index (χ0) is 30.0. The van der Waals surface area contributed by atoms with Crippen LogP contribution in [-0.2, 0) is 47.9 Å². The molecular weight excluding hydrogens is 553 g/mol. The molecule has 226 valence electrons. The molecule has 2 aromatic rings. The lowest BCUT2D eigenvalue weighted by molar-refractivity contribution is -0.183. The first-order chi connectivity index (χ1) is 20.0. The topological polar surface area (TPSA) is 99.0 Å². The average Bonchev–Trinajstić information content (AvgIpc) is 3.59. The number of carbonyl (C=O) groups excluding carboxylic acids is 1. The molecule has 2 aromatic carbocycles. The number of carbonyl (C=O) groups is 1. The van der Waals surface area contributed by atoms with Gasteiger partial charge in [0.1, 0.15) is 6.10 Å². The number of hydrogen-bond donors (Lipinski definition) is 1. The molecule has 0 spiro atoms. The van der Waals surface area contributed by atoms with Crippen molar-refractivity contribution in [3.05, 3.63) is 70.8 Å². The van der Waals surface area contributed by atoms with Gasteiger partial charge in [0.25, 0.3) is 5.91 Å². The molecule has 1 N–H and O–H groups in total. The zero-order valence-corrected chi connectivity index (χ0v) is 23.6. The van der Waals surface area contributed by atoms with Crippen molar-refractivity contribution in [3.63, 3.8) is 0 Å². The number of fused-ring (bicyclic) bond motifs is 1. The fraction of sp³-hybridized carbons (Fsp3) is 0.548. The van der Waals surface area contributed by atoms with Crippen molar-refractivity contribution in [2.24, 2.45) is 0 Å². The van der Waals surface area contributed by atoms with Crippen molar-refractivity contribution in [1.82, 2.24) is 5.32 Å². The summed E-state index contributed by atoms with van der Waals surface area (Å²) in [6, 6.07) is 13.9. The lowest BCUT2D eigenvalue weighted by atomic mass is 9.78. The second-order valence-corrected chi connectivity index (χ2v) is 11.5. The van der Waals surface area contributed by atoms with E-state index >= 15 is 0 Å². The van der Waals surface area contributed by atoms with E-state index < -0.39 is 41.4 Å². The number of nitrogens with one attached hydrogen (secondary N) is 1. The molecule has 2 unspecified atom stereocenters. The normalized spacial score (nSPS) is 28.7. The molecule has 2 heterocycles. The number of halogens is 3. The van der Waals surface area contributed by atoms with Gasteiger partial charge < -0.3 is 29.0 Å². The Balaban J connectivity index is 1.39. The molecule has 5 atom stereocenters. The average molecular weight is 589 g/mol. The molecule has 2 aliphatic heterocycles. The van der Waals surface area contributed by atoms with Gasteiger partial charge in [-0.3, -0.25) is 4.79 Å². The number of benzene rings is 2. The summed E-state index contributed by atoms with van der Waals surface area (Å²) in [5, 5.41) is 12.6. The number of alkyl halides is 3. The molecule has 5 rings (SSSR count). The number of ether oxygens (including phenoxy) is 5. The minimum atomic E-state index is -4.44. The van der Waals surface area contributed by atoms with Crippen LogP contribution in [0.5, 0.6) is 0 Å². The lowest BCUT2D eigenvalue weighted by Crippen LogP contribution is -2.60. The Bertz CT molecular complexity index is 1290. The summed E-state index contributed by atoms with van der Waals surface area (Å²) in [5.74, 6) is -1.29. The monoisotopic (exact) mass is 588 g/mol. The van der Waals surface area contributed by atoms with Gasteiger partial charge in [0.05, 0.1) is 48.7 Å². The Hall–Kier alpha value is -3.01. The van der Waals surface area contributed by atoms with Crippen LogP contribution in [0.15, 0.2) is 48.5 Å². The Morgan fingerprint density at radius 1 is 1.10 bits per heavy atom. The van der Waals surface area contributed by atoms with Crippen LogP contribution in [0.25, 0.3) is 0 Å². The van der Waals surface area contributed by atoms with Gasteiger partial charge in [-0.15, -0.1) is 0 Å². The van der Waals surface area contributed by atoms with E-state index in [0.717, 1.165) is 25.0 Å². The third-order valence-corrected chi connectivity index (χ3v) is 7.96. The SMILES string of the molecule is CC1(C)O[C@@H]2C[C@@](OCc3ccccc3C#N)(C(=O)NCC3CCCO3)CC(OCc3ccc(C(F)(F)F)cc3)[C@@H]2O1. The number of nitriles is 1. The van der Waals surface area contributed by atoms with Gasteiger partial charge in [-0.05, 0) is 56.0 Å². The Morgan fingerprint density at radius 2 is 1.86 bits per heavy atom. The highest BCUT2D eigenvalue weighted by Crippen LogP contribution is 2.44. The van der Waals surface area contributed by atoms with Crippen molar-refractivity contribution >= 4 is 5.91 Å². The Labute approximate surface area is 243 Å². The number of nitrogens with zero attached hydrogens (tertiary/aromatic N) is 1. The van der Waals surface area contributed by atoms with E-state index in [9.17, 15) is 23.2 Å². The highest BCUT2D eigenvalue weighted by atomic mass is 19.4. The van der Waals surface area contributed by atoms with Crippen LogP contribution in [0, 0.1) is 11.3 Å². The van der Waals surface area contributed by atoms with Crippen molar-refractivity contribution in [1.29, 1.82) is 5.26 Å². The van der Waals surface area contributed by atoms with Gasteiger partial charge in [0.2, 0.25) is 0 Å². The molecule has 0 radical (unpaired) electrons. The largest absolute Gasteiger partial charge is 0.416 e. The molecule has 42 heavy (non-hydrogen) atoms. The number of hydrogen-bond acceptors (Lipinski definition) is 7. The predicted molar refractivity (Wildman–Crippen MR) is 144 cm³/mol. The van der Waals surface area contributed by atoms with E-state index in [0.29, 0.717) is 29.8 Å². The van der Waals surface area contributed by atoms with E-state index in [2.05, 4.69) is 11.4 Å². The standard InChI is InChI=1S/C31H35F3N2O6/c1-29(2)41-26-15-30(28(37)36-17-24-8-5-13-38-24,40-19-22-7-4-3-6-21(22)16-35)14-25(27(26)42-29)39-18-20-9-11-23(12-10-20)31(32,33)34/h3-4,6-7,9-12,24-27H,5,8,13-15,17-19H2,1-2H3,(H,36,37)/t24?,25?,26-,27+,30-/m1/s1. The summed E-state index contributed by atoms with van der Waals surface area (Å²) in [6.45, 7) is 4.54. The van der Waals surface area contributed by atoms with Gasteiger partial charge in [-0.1, -0.05) is 30.3 Å². The van der Waals surface area contributed by atoms with E-state index in [1.165, 1.54) is 12.1 Å². The summed E-state index contributed by atoms with van der Waals surface area (Å²) in [6.07, 6.45) is -4.20. The van der Waals surface area contributed by atoms with Gasteiger partial charge in [-0.2, -0.15) is 18.4 Å². The van der Waals surface area contributed by atoms with E-state index in [-0.39, 0.29) is 38.1 Å². The molecule has 3 fully saturated rings. The summed E-state index contributed by atoms with van der Waals surface area (Å²) in [5.41, 5.74) is -0.513. The number of amides is 1. The van der Waals surface area contributed by atoms with Crippen molar-refractivity contribution < 1.29 is 41.7 Å². The van der Waals surface area contributed by atoms with Crippen LogP contribution >= 0.6 is 0 Å². The minimum absolute atomic E-state index is 0.000686. The molecule has 8 nitrogen and oxygen atoms in total. The maximum absolute atomic E-state index is 13.9. The number of rotatable bonds is 9. The van der Waals surface area contributed by atoms with Crippen LogP contribution in [0.2, 0.25) is 0 Å². The molecule has 11 heteroatoms. The molecule has 1 amide bonds. The molecule has 1 aliphatic carbocycles. The van der Waals surface area contributed by atoms with Gasteiger partial charge >= 0.3 is 6.18 Å². The van der Waals surface area contributed by atoms with E-state index in [4.69, 9.17) is 23.7 Å². The lowest BCUT2D eigenvalue weighted by Gasteiger charge is -2.43. The highest BCUT2D eigenvalue weighted by molar-refractivity contribution is 5.85. The van der Waals surface area contributed by atoms with E-state index in [1.54, 1.807) is 38.1 Å². The highest BCUT2D eigenvalue weighted by Gasteiger charge is 2.58. The van der Waals surface area contributed by atoms with Gasteiger partial charge in [0.15, 0.2) is 11.4 Å². The zero-order valence-electron chi connectivity index (χ0n) is 23.6. The van der Waals surface area contributed by atoms with Gasteiger partial charge in [-0.25, -0.2) is 0 Å². The van der Waals surface area contributed by atoms with Crippen LogP contribution in [0.3, 0.4) is 0 Å². The second-order valence-electron chi connectivity index (χ2n) is 11.5. The molecule has 2 saturated heterocycles. The third-order valence-electron chi connectivity index (χ3n) is 7.96. The molecule has 0 bridgehead atoms. The maximum Gasteiger partial charge on any atom is 0.416 e. The van der Waals surface area contributed by atoms with Crippen molar-refractivity contribution in [3.8, 4) is 6.07 Å². The van der Waals surface area contributed by atoms with Crippen LogP contribution < -0.4 is 5.32 Å². The Morgan fingerprint density at radius 3 is 2.55 bits per heavy atom. The smallest absolute Gasteiger partial charge is 0.376 e. The van der Waals surface area contributed by atoms with Crippen molar-refractivity contribution in [2.75, 3.05) is 13.2 Å². The summed E-state index contributed by atoms with van der Waals surface area (Å²) < 4.78 is 69.9. The molecule has 0 aromatic heterocycles. The first-order valence-corrected chi connectivity index (χ1v) is 14.1. The third kappa shape index (κ3) is 6.96. The summed E-state index contributed by atoms with van der Waals surface area (Å²) >= 11 is 0. The maximum atomic E-state index is 13.9. The molecular formula is C31H35F3N2O6. The quantitative estimate of drug-likeness (QED) is 0.439. The van der Waals surface area contributed by atoms with Crippen molar-refractivity contribution in [2.45, 2.75) is 94.7 Å². The van der Waals surface area contributed by atoms with Crippen LogP contribution in [0.4, 0.5) is 13.2 Å². The predicted octanol–water partition coefficient (Wildman–Crippen LogP) is 5.03. The summed E-state index contributed by atoms with van der Waals surface area (Å²) in [7, 11) is 0. The van der Waals surface area contributed by atoms with E-state index in [1.807, 2.05) is 0 Å². The molecule has 1 saturated carbocycles. The molecule has 3 aliphatic rings. The first-order valence-electron chi connectivity index (χ1n) is 14.1.